The molecule has 0 unspecified atom stereocenters. The van der Waals surface area contributed by atoms with Crippen LogP contribution >= 0.6 is 11.6 Å². The van der Waals surface area contributed by atoms with Crippen LogP contribution in [0.15, 0.2) is 23.1 Å². The van der Waals surface area contributed by atoms with Crippen LogP contribution < -0.4 is 5.32 Å². The van der Waals surface area contributed by atoms with E-state index in [0.29, 0.717) is 0 Å². The molecule has 1 amide bonds. The number of ether oxygens (including phenoxy) is 1. The summed E-state index contributed by atoms with van der Waals surface area (Å²) < 4.78 is 31.5. The summed E-state index contributed by atoms with van der Waals surface area (Å²) in [6, 6.07) is 3.90. The first-order chi connectivity index (χ1) is 14.3. The van der Waals surface area contributed by atoms with Gasteiger partial charge in [0.2, 0.25) is 10.0 Å². The van der Waals surface area contributed by atoms with Crippen LogP contribution in [-0.4, -0.2) is 60.0 Å². The van der Waals surface area contributed by atoms with Crippen LogP contribution in [0.4, 0.5) is 11.4 Å². The molecule has 1 N–H and O–H groups in total. The Morgan fingerprint density at radius 2 is 1.97 bits per heavy atom. The fourth-order valence-corrected chi connectivity index (χ4v) is 3.99. The van der Waals surface area contributed by atoms with Crippen LogP contribution in [0, 0.1) is 24.0 Å². The van der Waals surface area contributed by atoms with Crippen molar-refractivity contribution in [2.24, 2.45) is 0 Å². The molecule has 0 fully saturated rings. The van der Waals surface area contributed by atoms with Crippen molar-refractivity contribution in [2.45, 2.75) is 25.3 Å². The first kappa shape index (κ1) is 24.2. The van der Waals surface area contributed by atoms with Gasteiger partial charge in [-0.1, -0.05) is 11.6 Å². The zero-order valence-corrected chi connectivity index (χ0v) is 18.7. The first-order valence-electron chi connectivity index (χ1n) is 8.70. The molecule has 0 aliphatic rings. The number of rotatable bonds is 8. The summed E-state index contributed by atoms with van der Waals surface area (Å²) in [5.41, 5.74) is 0.274. The highest BCUT2D eigenvalue weighted by molar-refractivity contribution is 7.89. The topological polar surface area (TPSA) is 154 Å². The Bertz CT molecular complexity index is 1140. The van der Waals surface area contributed by atoms with E-state index >= 15 is 0 Å². The number of carbonyl (C=O) groups is 2. The lowest BCUT2D eigenvalue weighted by molar-refractivity contribution is -0.386. The SMILES string of the molecule is Cc1nn(CC(=O)OCC(=O)Nc2ccc(Cl)c(S(=O)(=O)N(C)C)c2)c(C)c1[N+](=O)[O-]. The van der Waals surface area contributed by atoms with Crippen molar-refractivity contribution < 1.29 is 27.7 Å². The fourth-order valence-electron chi connectivity index (χ4n) is 2.59. The van der Waals surface area contributed by atoms with Gasteiger partial charge in [-0.05, 0) is 32.0 Å². The number of amides is 1. The lowest BCUT2D eigenvalue weighted by Crippen LogP contribution is -2.24. The van der Waals surface area contributed by atoms with Crippen molar-refractivity contribution in [3.63, 3.8) is 0 Å². The van der Waals surface area contributed by atoms with Crippen molar-refractivity contribution in [3.8, 4) is 0 Å². The average Bonchev–Trinajstić information content (AvgIpc) is 2.94. The summed E-state index contributed by atoms with van der Waals surface area (Å²) in [6.07, 6.45) is 0. The molecule has 0 bridgehead atoms. The van der Waals surface area contributed by atoms with E-state index in [0.717, 1.165) is 8.99 Å². The Balaban J connectivity index is 2.01. The summed E-state index contributed by atoms with van der Waals surface area (Å²) in [7, 11) is -1.15. The molecule has 2 aromatic rings. The predicted octanol–water partition coefficient (Wildman–Crippen LogP) is 1.49. The number of sulfonamides is 1. The van der Waals surface area contributed by atoms with E-state index in [1.807, 2.05) is 0 Å². The molecule has 31 heavy (non-hydrogen) atoms. The fraction of sp³-hybridized carbons (Fsp3) is 0.353. The van der Waals surface area contributed by atoms with Crippen molar-refractivity contribution in [1.29, 1.82) is 0 Å². The molecule has 2 rings (SSSR count). The van der Waals surface area contributed by atoms with E-state index in [4.69, 9.17) is 16.3 Å². The standard InChI is InChI=1S/C17H20ClN5O7S/c1-10-17(23(26)27)11(2)22(20-10)8-16(25)30-9-15(24)19-12-5-6-13(18)14(7-12)31(28,29)21(3)4/h5-7H,8-9H2,1-4H3,(H,19,24). The maximum atomic E-state index is 12.3. The molecular formula is C17H20ClN5O7S. The summed E-state index contributed by atoms with van der Waals surface area (Å²) in [6.45, 7) is 1.81. The molecule has 168 valence electrons. The third kappa shape index (κ3) is 5.57. The number of carbonyl (C=O) groups excluding carboxylic acids is 2. The van der Waals surface area contributed by atoms with Gasteiger partial charge in [-0.15, -0.1) is 0 Å². The molecule has 0 aliphatic heterocycles. The molecule has 1 aromatic carbocycles. The number of nitro groups is 1. The first-order valence-corrected chi connectivity index (χ1v) is 10.5. The van der Waals surface area contributed by atoms with E-state index < -0.39 is 40.0 Å². The zero-order chi connectivity index (χ0) is 23.5. The Morgan fingerprint density at radius 3 is 2.52 bits per heavy atom. The van der Waals surface area contributed by atoms with Gasteiger partial charge in [0.15, 0.2) is 6.61 Å². The van der Waals surface area contributed by atoms with Gasteiger partial charge in [-0.3, -0.25) is 24.4 Å². The number of hydrogen-bond acceptors (Lipinski definition) is 8. The Morgan fingerprint density at radius 1 is 1.32 bits per heavy atom. The number of anilines is 1. The summed E-state index contributed by atoms with van der Waals surface area (Å²) in [5.74, 6) is -1.55. The van der Waals surface area contributed by atoms with Gasteiger partial charge in [0.05, 0.1) is 9.95 Å². The number of hydrogen-bond donors (Lipinski definition) is 1. The Labute approximate surface area is 182 Å². The van der Waals surface area contributed by atoms with Gasteiger partial charge in [0, 0.05) is 19.8 Å². The number of nitrogens with zero attached hydrogens (tertiary/aromatic N) is 4. The van der Waals surface area contributed by atoms with Gasteiger partial charge in [0.1, 0.15) is 22.8 Å². The number of esters is 1. The van der Waals surface area contributed by atoms with E-state index in [2.05, 4.69) is 10.4 Å². The molecule has 0 aliphatic carbocycles. The van der Waals surface area contributed by atoms with Crippen molar-refractivity contribution in [3.05, 3.63) is 44.7 Å². The maximum absolute atomic E-state index is 12.3. The van der Waals surface area contributed by atoms with Crippen molar-refractivity contribution in [2.75, 3.05) is 26.0 Å². The number of nitrogens with one attached hydrogen (secondary N) is 1. The molecule has 0 radical (unpaired) electrons. The van der Waals surface area contributed by atoms with Crippen LogP contribution in [0.5, 0.6) is 0 Å². The predicted molar refractivity (Wildman–Crippen MR) is 110 cm³/mol. The summed E-state index contributed by atoms with van der Waals surface area (Å²) >= 11 is 5.95. The van der Waals surface area contributed by atoms with Gasteiger partial charge in [-0.2, -0.15) is 5.10 Å². The van der Waals surface area contributed by atoms with Crippen LogP contribution in [-0.2, 0) is 30.9 Å². The average molecular weight is 474 g/mol. The quantitative estimate of drug-likeness (QED) is 0.343. The minimum absolute atomic E-state index is 0.0166. The number of aromatic nitrogens is 2. The Kier molecular flexibility index (Phi) is 7.36. The van der Waals surface area contributed by atoms with Gasteiger partial charge in [0.25, 0.3) is 5.91 Å². The minimum Gasteiger partial charge on any atom is -0.454 e. The molecule has 12 nitrogen and oxygen atoms in total. The molecule has 0 atom stereocenters. The minimum atomic E-state index is -3.83. The molecule has 0 spiro atoms. The second-order valence-corrected chi connectivity index (χ2v) is 9.10. The molecule has 1 heterocycles. The largest absolute Gasteiger partial charge is 0.454 e. The highest BCUT2D eigenvalue weighted by atomic mass is 35.5. The van der Waals surface area contributed by atoms with Gasteiger partial charge in [-0.25, -0.2) is 12.7 Å². The van der Waals surface area contributed by atoms with Crippen molar-refractivity contribution >= 4 is 44.9 Å². The van der Waals surface area contributed by atoms with E-state index in [9.17, 15) is 28.1 Å². The smallest absolute Gasteiger partial charge is 0.328 e. The number of halogens is 1. The van der Waals surface area contributed by atoms with Crippen molar-refractivity contribution in [1.82, 2.24) is 14.1 Å². The third-order valence-corrected chi connectivity index (χ3v) is 6.44. The normalized spacial score (nSPS) is 11.4. The van der Waals surface area contributed by atoms with Gasteiger partial charge >= 0.3 is 11.7 Å². The van der Waals surface area contributed by atoms with Crippen LogP contribution in [0.3, 0.4) is 0 Å². The lowest BCUT2D eigenvalue weighted by atomic mass is 10.3. The zero-order valence-electron chi connectivity index (χ0n) is 17.1. The summed E-state index contributed by atoms with van der Waals surface area (Å²) in [5, 5.41) is 17.3. The number of benzene rings is 1. The molecule has 1 aromatic heterocycles. The second kappa shape index (κ2) is 9.41. The van der Waals surface area contributed by atoms with E-state index in [-0.39, 0.29) is 32.7 Å². The van der Waals surface area contributed by atoms with E-state index in [1.165, 1.54) is 46.1 Å². The third-order valence-electron chi connectivity index (χ3n) is 4.14. The monoisotopic (exact) mass is 473 g/mol. The summed E-state index contributed by atoms with van der Waals surface area (Å²) in [4.78, 5) is 34.3. The molecule has 0 saturated heterocycles. The lowest BCUT2D eigenvalue weighted by Gasteiger charge is -2.14. The molecule has 0 saturated carbocycles. The van der Waals surface area contributed by atoms with Crippen LogP contribution in [0.2, 0.25) is 5.02 Å². The van der Waals surface area contributed by atoms with E-state index in [1.54, 1.807) is 0 Å². The number of aryl methyl sites for hydroxylation is 1. The molecule has 14 heteroatoms. The highest BCUT2D eigenvalue weighted by Gasteiger charge is 2.24. The molecular weight excluding hydrogens is 454 g/mol. The van der Waals surface area contributed by atoms with Crippen LogP contribution in [0.1, 0.15) is 11.4 Å². The van der Waals surface area contributed by atoms with Gasteiger partial charge < -0.3 is 10.1 Å². The Hall–Kier alpha value is -3.03. The highest BCUT2D eigenvalue weighted by Crippen LogP contribution is 2.27. The van der Waals surface area contributed by atoms with Crippen LogP contribution in [0.25, 0.3) is 0 Å². The maximum Gasteiger partial charge on any atom is 0.328 e. The second-order valence-electron chi connectivity index (χ2n) is 6.58.